The number of amides is 1. The van der Waals surface area contributed by atoms with E-state index in [0.717, 1.165) is 6.08 Å². The van der Waals surface area contributed by atoms with Crippen LogP contribution in [0.25, 0.3) is 0 Å². The number of rotatable bonds is 7. The van der Waals surface area contributed by atoms with E-state index in [4.69, 9.17) is 0 Å². The molecule has 20 heavy (non-hydrogen) atoms. The zero-order chi connectivity index (χ0) is 15.5. The number of nitro groups is 1. The maximum atomic E-state index is 11.9. The van der Waals surface area contributed by atoms with Crippen LogP contribution in [-0.4, -0.2) is 10.8 Å². The largest absolute Gasteiger partial charge is 0.322 e. The van der Waals surface area contributed by atoms with Crippen LogP contribution >= 0.6 is 0 Å². The quantitative estimate of drug-likeness (QED) is 0.335. The predicted molar refractivity (Wildman–Crippen MR) is 80.3 cm³/mol. The smallest absolute Gasteiger partial charge is 0.281 e. The van der Waals surface area contributed by atoms with Crippen LogP contribution in [0.5, 0.6) is 0 Å². The van der Waals surface area contributed by atoms with Gasteiger partial charge in [0.15, 0.2) is 0 Å². The van der Waals surface area contributed by atoms with Crippen LogP contribution in [0, 0.1) is 10.1 Å². The molecule has 5 nitrogen and oxygen atoms in total. The van der Waals surface area contributed by atoms with Crippen molar-refractivity contribution in [2.45, 2.75) is 13.8 Å². The van der Waals surface area contributed by atoms with Gasteiger partial charge >= 0.3 is 0 Å². The van der Waals surface area contributed by atoms with Crippen LogP contribution < -0.4 is 5.32 Å². The molecule has 0 aliphatic carbocycles. The molecule has 1 N–H and O–H groups in total. The second-order valence-corrected chi connectivity index (χ2v) is 3.62. The summed E-state index contributed by atoms with van der Waals surface area (Å²) in [6.07, 6.45) is 10.7. The third-order valence-electron chi connectivity index (χ3n) is 2.12. The van der Waals surface area contributed by atoms with Gasteiger partial charge in [0.2, 0.25) is 0 Å². The Kier molecular flexibility index (Phi) is 8.02. The SMILES string of the molecule is C=C/C(C(=O)NC(=C)C=C/C=C\C)=C(\C=C/C)[N+](=O)[O-]. The van der Waals surface area contributed by atoms with Crippen molar-refractivity contribution in [3.8, 4) is 0 Å². The van der Waals surface area contributed by atoms with Gasteiger partial charge in [-0.15, -0.1) is 0 Å². The molecule has 0 aromatic rings. The van der Waals surface area contributed by atoms with E-state index >= 15 is 0 Å². The first-order chi connectivity index (χ1) is 9.47. The lowest BCUT2D eigenvalue weighted by molar-refractivity contribution is -0.419. The minimum Gasteiger partial charge on any atom is -0.322 e. The molecular formula is C15H18N2O3. The number of hydrogen-bond acceptors (Lipinski definition) is 3. The Hall–Kier alpha value is -2.69. The highest BCUT2D eigenvalue weighted by molar-refractivity contribution is 5.98. The molecule has 0 fully saturated rings. The second kappa shape index (κ2) is 9.27. The van der Waals surface area contributed by atoms with Gasteiger partial charge in [0.25, 0.3) is 11.6 Å². The fraction of sp³-hybridized carbons (Fsp3) is 0.133. The first-order valence-corrected chi connectivity index (χ1v) is 5.91. The summed E-state index contributed by atoms with van der Waals surface area (Å²) in [4.78, 5) is 22.2. The van der Waals surface area contributed by atoms with Gasteiger partial charge in [0.05, 0.1) is 4.92 Å². The van der Waals surface area contributed by atoms with Crippen molar-refractivity contribution in [2.75, 3.05) is 0 Å². The molecule has 0 unspecified atom stereocenters. The Morgan fingerprint density at radius 2 is 1.85 bits per heavy atom. The molecule has 0 rings (SSSR count). The summed E-state index contributed by atoms with van der Waals surface area (Å²) in [6.45, 7) is 10.5. The van der Waals surface area contributed by atoms with Crippen molar-refractivity contribution in [3.63, 3.8) is 0 Å². The van der Waals surface area contributed by atoms with Gasteiger partial charge in [-0.05, 0) is 26.0 Å². The Balaban J connectivity index is 5.22. The van der Waals surface area contributed by atoms with Crippen molar-refractivity contribution in [2.24, 2.45) is 0 Å². The molecular weight excluding hydrogens is 256 g/mol. The number of carbonyl (C=O) groups excluding carboxylic acids is 1. The Bertz CT molecular complexity index is 523. The molecule has 0 aliphatic rings. The van der Waals surface area contributed by atoms with Crippen molar-refractivity contribution in [3.05, 3.63) is 82.8 Å². The molecule has 0 heterocycles. The number of allylic oxidation sites excluding steroid dienone is 6. The van der Waals surface area contributed by atoms with E-state index in [1.165, 1.54) is 12.2 Å². The normalized spacial score (nSPS) is 12.7. The molecule has 1 amide bonds. The fourth-order valence-electron chi connectivity index (χ4n) is 1.26. The maximum absolute atomic E-state index is 11.9. The third-order valence-corrected chi connectivity index (χ3v) is 2.12. The van der Waals surface area contributed by atoms with E-state index in [2.05, 4.69) is 18.5 Å². The van der Waals surface area contributed by atoms with Crippen LogP contribution in [0.1, 0.15) is 13.8 Å². The van der Waals surface area contributed by atoms with Crippen molar-refractivity contribution < 1.29 is 9.72 Å². The van der Waals surface area contributed by atoms with Crippen molar-refractivity contribution in [1.82, 2.24) is 5.32 Å². The van der Waals surface area contributed by atoms with E-state index < -0.39 is 10.8 Å². The summed E-state index contributed by atoms with van der Waals surface area (Å²) in [5.74, 6) is -0.625. The average molecular weight is 274 g/mol. The lowest BCUT2D eigenvalue weighted by atomic mass is 10.1. The molecule has 0 aromatic heterocycles. The summed E-state index contributed by atoms with van der Waals surface area (Å²) in [5.41, 5.74) is -0.102. The van der Waals surface area contributed by atoms with E-state index in [0.29, 0.717) is 5.70 Å². The van der Waals surface area contributed by atoms with Crippen LogP contribution in [0.4, 0.5) is 0 Å². The van der Waals surface area contributed by atoms with E-state index in [1.54, 1.807) is 25.2 Å². The van der Waals surface area contributed by atoms with Gasteiger partial charge in [-0.3, -0.25) is 14.9 Å². The molecule has 0 atom stereocenters. The van der Waals surface area contributed by atoms with Gasteiger partial charge in [-0.25, -0.2) is 0 Å². The second-order valence-electron chi connectivity index (χ2n) is 3.62. The van der Waals surface area contributed by atoms with Crippen molar-refractivity contribution in [1.29, 1.82) is 0 Å². The molecule has 106 valence electrons. The molecule has 0 spiro atoms. The van der Waals surface area contributed by atoms with E-state index in [-0.39, 0.29) is 11.3 Å². The molecule has 0 aromatic carbocycles. The van der Waals surface area contributed by atoms with Crippen LogP contribution in [0.3, 0.4) is 0 Å². The molecule has 0 aliphatic heterocycles. The summed E-state index contributed by atoms with van der Waals surface area (Å²) in [7, 11) is 0. The highest BCUT2D eigenvalue weighted by Gasteiger charge is 2.19. The minimum absolute atomic E-state index is 0.117. The molecule has 0 bridgehead atoms. The van der Waals surface area contributed by atoms with Gasteiger partial charge in [0.1, 0.15) is 5.57 Å². The van der Waals surface area contributed by atoms with Crippen molar-refractivity contribution >= 4 is 5.91 Å². The number of nitrogens with zero attached hydrogens (tertiary/aromatic N) is 1. The van der Waals surface area contributed by atoms with Crippen LogP contribution in [-0.2, 0) is 4.79 Å². The lowest BCUT2D eigenvalue weighted by Gasteiger charge is -2.05. The summed E-state index contributed by atoms with van der Waals surface area (Å²) in [5, 5.41) is 13.4. The molecule has 0 saturated carbocycles. The Morgan fingerprint density at radius 3 is 2.30 bits per heavy atom. The summed E-state index contributed by atoms with van der Waals surface area (Å²) >= 11 is 0. The van der Waals surface area contributed by atoms with Gasteiger partial charge in [-0.2, -0.15) is 0 Å². The number of nitrogens with one attached hydrogen (secondary N) is 1. The Labute approximate surface area is 118 Å². The average Bonchev–Trinajstić information content (AvgIpc) is 2.38. The van der Waals surface area contributed by atoms with Crippen LogP contribution in [0.2, 0.25) is 0 Å². The van der Waals surface area contributed by atoms with E-state index in [9.17, 15) is 14.9 Å². The maximum Gasteiger partial charge on any atom is 0.281 e. The number of carbonyl (C=O) groups is 1. The molecule has 0 saturated heterocycles. The third kappa shape index (κ3) is 5.77. The van der Waals surface area contributed by atoms with Gasteiger partial charge in [0, 0.05) is 11.8 Å². The first-order valence-electron chi connectivity index (χ1n) is 5.91. The Morgan fingerprint density at radius 1 is 1.20 bits per heavy atom. The highest BCUT2D eigenvalue weighted by Crippen LogP contribution is 2.10. The zero-order valence-electron chi connectivity index (χ0n) is 11.6. The minimum atomic E-state index is -0.630. The fourth-order valence-corrected chi connectivity index (χ4v) is 1.26. The topological polar surface area (TPSA) is 72.2 Å². The standard InChI is InChI=1S/C15H18N2O3/c1-5-8-9-11-12(4)16-15(18)13(7-3)14(10-6-2)17(19)20/h5-11H,3-4H2,1-2H3,(H,16,18)/b8-5-,10-6-,11-9?,14-13-. The molecule has 0 radical (unpaired) electrons. The summed E-state index contributed by atoms with van der Waals surface area (Å²) in [6, 6.07) is 0. The van der Waals surface area contributed by atoms with Gasteiger partial charge in [-0.1, -0.05) is 37.5 Å². The molecule has 5 heteroatoms. The van der Waals surface area contributed by atoms with Gasteiger partial charge < -0.3 is 5.32 Å². The predicted octanol–water partition coefficient (Wildman–Crippen LogP) is 3.04. The highest BCUT2D eigenvalue weighted by atomic mass is 16.6. The lowest BCUT2D eigenvalue weighted by Crippen LogP contribution is -2.24. The zero-order valence-corrected chi connectivity index (χ0v) is 11.6. The monoisotopic (exact) mass is 274 g/mol. The summed E-state index contributed by atoms with van der Waals surface area (Å²) < 4.78 is 0. The van der Waals surface area contributed by atoms with Crippen LogP contribution in [0.15, 0.2) is 72.7 Å². The first kappa shape index (κ1) is 17.3. The number of hydrogen-bond donors (Lipinski definition) is 1. The van der Waals surface area contributed by atoms with E-state index in [1.807, 2.05) is 13.0 Å².